The van der Waals surface area contributed by atoms with Gasteiger partial charge in [-0.3, -0.25) is 9.69 Å². The van der Waals surface area contributed by atoms with Gasteiger partial charge in [0.15, 0.2) is 0 Å². The highest BCUT2D eigenvalue weighted by atomic mass is 16.5. The molecule has 0 radical (unpaired) electrons. The van der Waals surface area contributed by atoms with Crippen molar-refractivity contribution in [3.8, 4) is 0 Å². The van der Waals surface area contributed by atoms with Gasteiger partial charge >= 0.3 is 0 Å². The smallest absolute Gasteiger partial charge is 0.237 e. The van der Waals surface area contributed by atoms with Gasteiger partial charge in [0.1, 0.15) is 0 Å². The van der Waals surface area contributed by atoms with Gasteiger partial charge in [0.05, 0.1) is 18.2 Å². The first-order valence-electron chi connectivity index (χ1n) is 7.79. The number of hydrogen-bond acceptors (Lipinski definition) is 4. The van der Waals surface area contributed by atoms with Crippen LogP contribution in [0, 0.1) is 0 Å². The van der Waals surface area contributed by atoms with E-state index in [1.54, 1.807) is 0 Å². The van der Waals surface area contributed by atoms with Crippen LogP contribution < -0.4 is 11.1 Å². The molecule has 1 aliphatic rings. The Bertz CT molecular complexity index is 311. The van der Waals surface area contributed by atoms with Crippen molar-refractivity contribution in [2.75, 3.05) is 26.2 Å². The first-order chi connectivity index (χ1) is 9.39. The van der Waals surface area contributed by atoms with Crippen molar-refractivity contribution in [1.82, 2.24) is 10.2 Å². The van der Waals surface area contributed by atoms with E-state index in [4.69, 9.17) is 10.5 Å². The van der Waals surface area contributed by atoms with E-state index in [9.17, 15) is 4.79 Å². The monoisotopic (exact) mass is 285 g/mol. The van der Waals surface area contributed by atoms with E-state index in [0.29, 0.717) is 12.1 Å². The van der Waals surface area contributed by atoms with E-state index in [1.807, 2.05) is 6.92 Å². The number of hydrogen-bond donors (Lipinski definition) is 2. The third-order valence-corrected chi connectivity index (χ3v) is 4.17. The molecule has 5 heteroatoms. The fraction of sp³-hybridized carbons (Fsp3) is 0.933. The Hall–Kier alpha value is -0.650. The van der Waals surface area contributed by atoms with Crippen LogP contribution in [-0.2, 0) is 9.53 Å². The minimum atomic E-state index is -0.586. The number of morpholine rings is 1. The molecule has 1 amide bonds. The van der Waals surface area contributed by atoms with Crippen LogP contribution >= 0.6 is 0 Å². The molecule has 0 aromatic carbocycles. The zero-order chi connectivity index (χ0) is 15.2. The number of ether oxygens (including phenoxy) is 1. The zero-order valence-corrected chi connectivity index (χ0v) is 13.4. The molecule has 0 aromatic rings. The molecular weight excluding hydrogens is 254 g/mol. The number of carbonyl (C=O) groups excluding carboxylic acids is 1. The molecule has 1 fully saturated rings. The first kappa shape index (κ1) is 17.4. The molecule has 3 N–H and O–H groups in total. The molecule has 3 atom stereocenters. The van der Waals surface area contributed by atoms with Crippen molar-refractivity contribution in [2.45, 2.75) is 64.6 Å². The Labute approximate surface area is 123 Å². The van der Waals surface area contributed by atoms with Crippen LogP contribution in [0.5, 0.6) is 0 Å². The van der Waals surface area contributed by atoms with Crippen LogP contribution in [0.15, 0.2) is 0 Å². The molecule has 5 nitrogen and oxygen atoms in total. The molecule has 3 unspecified atom stereocenters. The Morgan fingerprint density at radius 1 is 1.50 bits per heavy atom. The summed E-state index contributed by atoms with van der Waals surface area (Å²) in [5.41, 5.74) is 4.96. The summed E-state index contributed by atoms with van der Waals surface area (Å²) in [6.45, 7) is 11.9. The Morgan fingerprint density at radius 3 is 2.80 bits per heavy atom. The molecular formula is C15H31N3O2. The second-order valence-corrected chi connectivity index (χ2v) is 6.21. The lowest BCUT2D eigenvalue weighted by molar-refractivity contribution is -0.124. The van der Waals surface area contributed by atoms with Gasteiger partial charge in [-0.1, -0.05) is 6.92 Å². The van der Waals surface area contributed by atoms with Gasteiger partial charge < -0.3 is 15.8 Å². The molecule has 118 valence electrons. The average molecular weight is 285 g/mol. The Balaban J connectivity index is 2.41. The first-order valence-corrected chi connectivity index (χ1v) is 7.79. The van der Waals surface area contributed by atoms with Crippen molar-refractivity contribution in [3.05, 3.63) is 0 Å². The standard InChI is InChI=1S/C15H31N3O2/c1-5-8-17-15(4,14(16)19)7-6-9-18-10-13(3)20-11-12(18)2/h12-13,17H,5-11H2,1-4H3,(H2,16,19). The van der Waals surface area contributed by atoms with Gasteiger partial charge in [0.25, 0.3) is 0 Å². The van der Waals surface area contributed by atoms with Crippen LogP contribution in [0.4, 0.5) is 0 Å². The predicted molar refractivity (Wildman–Crippen MR) is 81.6 cm³/mol. The largest absolute Gasteiger partial charge is 0.376 e. The van der Waals surface area contributed by atoms with Crippen LogP contribution in [0.25, 0.3) is 0 Å². The summed E-state index contributed by atoms with van der Waals surface area (Å²) in [6, 6.07) is 0.453. The highest BCUT2D eigenvalue weighted by molar-refractivity contribution is 5.84. The second kappa shape index (κ2) is 7.96. The maximum absolute atomic E-state index is 11.7. The van der Waals surface area contributed by atoms with E-state index in [1.165, 1.54) is 0 Å². The lowest BCUT2D eigenvalue weighted by atomic mass is 9.94. The summed E-state index contributed by atoms with van der Waals surface area (Å²) >= 11 is 0. The van der Waals surface area contributed by atoms with E-state index in [0.717, 1.165) is 45.5 Å². The van der Waals surface area contributed by atoms with E-state index in [-0.39, 0.29) is 5.91 Å². The highest BCUT2D eigenvalue weighted by Gasteiger charge is 2.30. The fourth-order valence-electron chi connectivity index (χ4n) is 2.62. The van der Waals surface area contributed by atoms with E-state index >= 15 is 0 Å². The fourth-order valence-corrected chi connectivity index (χ4v) is 2.62. The molecule has 1 heterocycles. The molecule has 20 heavy (non-hydrogen) atoms. The van der Waals surface area contributed by atoms with Crippen LogP contribution in [0.2, 0.25) is 0 Å². The molecule has 0 aromatic heterocycles. The summed E-state index contributed by atoms with van der Waals surface area (Å²) in [5, 5.41) is 3.29. The number of carbonyl (C=O) groups is 1. The van der Waals surface area contributed by atoms with Gasteiger partial charge in [-0.15, -0.1) is 0 Å². The van der Waals surface area contributed by atoms with Gasteiger partial charge in [0.2, 0.25) is 5.91 Å². The molecule has 1 aliphatic heterocycles. The number of primary amides is 1. The number of nitrogens with zero attached hydrogens (tertiary/aromatic N) is 1. The minimum absolute atomic E-state index is 0.255. The summed E-state index contributed by atoms with van der Waals surface area (Å²) in [4.78, 5) is 14.1. The molecule has 1 saturated heterocycles. The van der Waals surface area contributed by atoms with E-state index < -0.39 is 5.54 Å². The van der Waals surface area contributed by atoms with Crippen LogP contribution in [0.1, 0.15) is 47.0 Å². The zero-order valence-electron chi connectivity index (χ0n) is 13.4. The van der Waals surface area contributed by atoms with E-state index in [2.05, 4.69) is 31.0 Å². The molecule has 0 bridgehead atoms. The Kier molecular flexibility index (Phi) is 6.92. The lowest BCUT2D eigenvalue weighted by Gasteiger charge is -2.37. The highest BCUT2D eigenvalue weighted by Crippen LogP contribution is 2.16. The second-order valence-electron chi connectivity index (χ2n) is 6.21. The molecule has 0 spiro atoms. The molecule has 0 aliphatic carbocycles. The van der Waals surface area contributed by atoms with Crippen molar-refractivity contribution in [1.29, 1.82) is 0 Å². The van der Waals surface area contributed by atoms with Crippen molar-refractivity contribution in [2.24, 2.45) is 5.73 Å². The third kappa shape index (κ3) is 5.04. The summed E-state index contributed by atoms with van der Waals surface area (Å²) in [6.07, 6.45) is 3.04. The summed E-state index contributed by atoms with van der Waals surface area (Å²) in [5.74, 6) is -0.255. The number of rotatable bonds is 8. The lowest BCUT2D eigenvalue weighted by Crippen LogP contribution is -2.54. The maximum atomic E-state index is 11.7. The summed E-state index contributed by atoms with van der Waals surface area (Å²) in [7, 11) is 0. The van der Waals surface area contributed by atoms with Crippen molar-refractivity contribution in [3.63, 3.8) is 0 Å². The average Bonchev–Trinajstić information content (AvgIpc) is 2.40. The number of nitrogens with one attached hydrogen (secondary N) is 1. The Morgan fingerprint density at radius 2 is 2.20 bits per heavy atom. The van der Waals surface area contributed by atoms with Gasteiger partial charge in [-0.25, -0.2) is 0 Å². The molecule has 1 rings (SSSR count). The maximum Gasteiger partial charge on any atom is 0.237 e. The number of nitrogens with two attached hydrogens (primary N) is 1. The minimum Gasteiger partial charge on any atom is -0.376 e. The van der Waals surface area contributed by atoms with Crippen molar-refractivity contribution >= 4 is 5.91 Å². The topological polar surface area (TPSA) is 67.6 Å². The van der Waals surface area contributed by atoms with Gasteiger partial charge in [-0.05, 0) is 53.1 Å². The SMILES string of the molecule is CCCNC(C)(CCCN1CC(C)OCC1C)C(N)=O. The third-order valence-electron chi connectivity index (χ3n) is 4.17. The van der Waals surface area contributed by atoms with Gasteiger partial charge in [0, 0.05) is 12.6 Å². The van der Waals surface area contributed by atoms with Crippen LogP contribution in [-0.4, -0.2) is 54.7 Å². The van der Waals surface area contributed by atoms with Gasteiger partial charge in [-0.2, -0.15) is 0 Å². The predicted octanol–water partition coefficient (Wildman–Crippen LogP) is 1.12. The summed E-state index contributed by atoms with van der Waals surface area (Å²) < 4.78 is 5.63. The molecule has 0 saturated carbocycles. The van der Waals surface area contributed by atoms with Crippen molar-refractivity contribution < 1.29 is 9.53 Å². The quantitative estimate of drug-likeness (QED) is 0.701. The van der Waals surface area contributed by atoms with Crippen LogP contribution in [0.3, 0.4) is 0 Å². The normalized spacial score (nSPS) is 27.2. The number of amides is 1.